The molecule has 0 bridgehead atoms. The Labute approximate surface area is 86.1 Å². The van der Waals surface area contributed by atoms with Crippen molar-refractivity contribution in [1.82, 2.24) is 4.90 Å². The van der Waals surface area contributed by atoms with Gasteiger partial charge < -0.3 is 10.0 Å². The van der Waals surface area contributed by atoms with E-state index in [-0.39, 0.29) is 12.5 Å². The number of carbonyl (C=O) groups excluding carboxylic acids is 1. The van der Waals surface area contributed by atoms with Crippen molar-refractivity contribution in [2.75, 3.05) is 13.2 Å². The summed E-state index contributed by atoms with van der Waals surface area (Å²) >= 11 is 0. The summed E-state index contributed by atoms with van der Waals surface area (Å²) in [5, 5.41) is 8.95. The Kier molecular flexibility index (Phi) is 4.39. The molecule has 1 aliphatic rings. The Morgan fingerprint density at radius 3 is 2.86 bits per heavy atom. The third-order valence-corrected chi connectivity index (χ3v) is 3.27. The van der Waals surface area contributed by atoms with E-state index >= 15 is 0 Å². The van der Waals surface area contributed by atoms with E-state index in [1.807, 2.05) is 4.90 Å². The van der Waals surface area contributed by atoms with E-state index in [1.54, 1.807) is 6.92 Å². The third-order valence-electron chi connectivity index (χ3n) is 3.27. The van der Waals surface area contributed by atoms with E-state index < -0.39 is 0 Å². The average Bonchev–Trinajstić information content (AvgIpc) is 2.62. The second-order valence-corrected chi connectivity index (χ2v) is 4.10. The molecule has 0 aromatic rings. The maximum absolute atomic E-state index is 11.3. The van der Waals surface area contributed by atoms with Crippen molar-refractivity contribution in [2.24, 2.45) is 5.92 Å². The highest BCUT2D eigenvalue weighted by molar-refractivity contribution is 5.73. The molecule has 1 fully saturated rings. The van der Waals surface area contributed by atoms with E-state index in [1.165, 1.54) is 0 Å². The van der Waals surface area contributed by atoms with Crippen molar-refractivity contribution in [3.05, 3.63) is 0 Å². The van der Waals surface area contributed by atoms with Crippen LogP contribution in [0.4, 0.5) is 0 Å². The van der Waals surface area contributed by atoms with Crippen LogP contribution in [0, 0.1) is 5.92 Å². The fraction of sp³-hybridized carbons (Fsp3) is 0.909. The highest BCUT2D eigenvalue weighted by atomic mass is 16.3. The minimum Gasteiger partial charge on any atom is -0.396 e. The third kappa shape index (κ3) is 2.47. The lowest BCUT2D eigenvalue weighted by Gasteiger charge is -2.30. The number of carbonyl (C=O) groups is 1. The van der Waals surface area contributed by atoms with Crippen LogP contribution in [-0.4, -0.2) is 35.1 Å². The Morgan fingerprint density at radius 1 is 1.64 bits per heavy atom. The molecule has 0 spiro atoms. The van der Waals surface area contributed by atoms with Crippen molar-refractivity contribution >= 4 is 5.91 Å². The number of hydrogen-bond donors (Lipinski definition) is 1. The van der Waals surface area contributed by atoms with Crippen molar-refractivity contribution in [2.45, 2.75) is 45.6 Å². The summed E-state index contributed by atoms with van der Waals surface area (Å²) in [6.07, 6.45) is 4.10. The monoisotopic (exact) mass is 199 g/mol. The van der Waals surface area contributed by atoms with Crippen LogP contribution in [0.3, 0.4) is 0 Å². The average molecular weight is 199 g/mol. The summed E-state index contributed by atoms with van der Waals surface area (Å²) in [6, 6.07) is 0.379. The molecule has 0 aliphatic carbocycles. The van der Waals surface area contributed by atoms with Crippen LogP contribution in [0.15, 0.2) is 0 Å². The molecular weight excluding hydrogens is 178 g/mol. The molecular formula is C11H21NO2. The molecule has 3 nitrogen and oxygen atoms in total. The van der Waals surface area contributed by atoms with Crippen molar-refractivity contribution in [3.63, 3.8) is 0 Å². The molecule has 1 amide bonds. The number of aliphatic hydroxyl groups excluding tert-OH is 1. The van der Waals surface area contributed by atoms with Gasteiger partial charge in [0.2, 0.25) is 5.91 Å². The van der Waals surface area contributed by atoms with Crippen LogP contribution < -0.4 is 0 Å². The van der Waals surface area contributed by atoms with Gasteiger partial charge in [-0.1, -0.05) is 13.3 Å². The van der Waals surface area contributed by atoms with Crippen molar-refractivity contribution in [1.29, 1.82) is 0 Å². The minimum atomic E-state index is 0.184. The smallest absolute Gasteiger partial charge is 0.219 e. The van der Waals surface area contributed by atoms with Crippen molar-refractivity contribution < 1.29 is 9.90 Å². The zero-order valence-corrected chi connectivity index (χ0v) is 9.20. The normalized spacial score (nSPS) is 23.9. The number of rotatable bonds is 4. The predicted octanol–water partition coefficient (Wildman–Crippen LogP) is 1.41. The lowest BCUT2D eigenvalue weighted by Crippen LogP contribution is -2.38. The second kappa shape index (κ2) is 5.35. The number of amides is 1. The molecule has 3 heteroatoms. The lowest BCUT2D eigenvalue weighted by atomic mass is 9.92. The minimum absolute atomic E-state index is 0.184. The Hall–Kier alpha value is -0.570. The van der Waals surface area contributed by atoms with Gasteiger partial charge in [0.15, 0.2) is 0 Å². The molecule has 1 rings (SSSR count). The molecule has 1 heterocycles. The summed E-state index contributed by atoms with van der Waals surface area (Å²) in [5.74, 6) is 0.662. The highest BCUT2D eigenvalue weighted by Crippen LogP contribution is 2.28. The number of nitrogens with zero attached hydrogens (tertiary/aromatic N) is 1. The van der Waals surface area contributed by atoms with E-state index in [2.05, 4.69) is 6.92 Å². The van der Waals surface area contributed by atoms with Gasteiger partial charge >= 0.3 is 0 Å². The van der Waals surface area contributed by atoms with E-state index in [4.69, 9.17) is 5.11 Å². The van der Waals surface area contributed by atoms with E-state index in [9.17, 15) is 4.79 Å². The van der Waals surface area contributed by atoms with Crippen LogP contribution in [0.5, 0.6) is 0 Å². The van der Waals surface area contributed by atoms with Crippen LogP contribution in [0.2, 0.25) is 0 Å². The zero-order chi connectivity index (χ0) is 10.6. The van der Waals surface area contributed by atoms with Gasteiger partial charge in [-0.3, -0.25) is 4.79 Å². The first-order valence-electron chi connectivity index (χ1n) is 5.58. The number of hydrogen-bond acceptors (Lipinski definition) is 2. The van der Waals surface area contributed by atoms with Gasteiger partial charge in [-0.05, 0) is 25.2 Å². The largest absolute Gasteiger partial charge is 0.396 e. The summed E-state index contributed by atoms with van der Waals surface area (Å²) in [6.45, 7) is 4.92. The molecule has 0 radical (unpaired) electrons. The molecule has 82 valence electrons. The van der Waals surface area contributed by atoms with Gasteiger partial charge in [0, 0.05) is 26.1 Å². The van der Waals surface area contributed by atoms with Gasteiger partial charge in [-0.2, -0.15) is 0 Å². The van der Waals surface area contributed by atoms with Gasteiger partial charge in [0.05, 0.1) is 0 Å². The standard InChI is InChI=1S/C11H21NO2/c1-3-10(6-8-13)11-5-4-7-12(11)9(2)14/h10-11,13H,3-8H2,1-2H3. The number of aliphatic hydroxyl groups is 1. The number of likely N-dealkylation sites (tertiary alicyclic amines) is 1. The van der Waals surface area contributed by atoms with Gasteiger partial charge in [0.25, 0.3) is 0 Å². The van der Waals surface area contributed by atoms with Gasteiger partial charge in [-0.25, -0.2) is 0 Å². The first-order chi connectivity index (χ1) is 6.70. The fourth-order valence-corrected chi connectivity index (χ4v) is 2.51. The summed E-state index contributed by atoms with van der Waals surface area (Å²) < 4.78 is 0. The van der Waals surface area contributed by atoms with E-state index in [0.717, 1.165) is 32.2 Å². The highest BCUT2D eigenvalue weighted by Gasteiger charge is 2.31. The Morgan fingerprint density at radius 2 is 2.36 bits per heavy atom. The first-order valence-corrected chi connectivity index (χ1v) is 5.58. The molecule has 1 saturated heterocycles. The quantitative estimate of drug-likeness (QED) is 0.743. The summed E-state index contributed by atoms with van der Waals surface area (Å²) in [7, 11) is 0. The lowest BCUT2D eigenvalue weighted by molar-refractivity contribution is -0.130. The molecule has 1 N–H and O–H groups in total. The maximum Gasteiger partial charge on any atom is 0.219 e. The van der Waals surface area contributed by atoms with Crippen LogP contribution in [0.25, 0.3) is 0 Å². The van der Waals surface area contributed by atoms with Gasteiger partial charge in [-0.15, -0.1) is 0 Å². The molecule has 14 heavy (non-hydrogen) atoms. The summed E-state index contributed by atoms with van der Waals surface area (Å²) in [4.78, 5) is 13.3. The predicted molar refractivity (Wildman–Crippen MR) is 55.9 cm³/mol. The molecule has 2 unspecified atom stereocenters. The SMILES string of the molecule is CCC(CCO)C1CCCN1C(C)=O. The second-order valence-electron chi connectivity index (χ2n) is 4.10. The van der Waals surface area contributed by atoms with Crippen molar-refractivity contribution in [3.8, 4) is 0 Å². The Bertz CT molecular complexity index is 194. The first kappa shape index (κ1) is 11.5. The molecule has 1 aliphatic heterocycles. The van der Waals surface area contributed by atoms with Gasteiger partial charge in [0.1, 0.15) is 0 Å². The molecule has 0 saturated carbocycles. The maximum atomic E-state index is 11.3. The molecule has 2 atom stereocenters. The van der Waals surface area contributed by atoms with Crippen LogP contribution >= 0.6 is 0 Å². The van der Waals surface area contributed by atoms with E-state index in [0.29, 0.717) is 12.0 Å². The molecule has 0 aromatic carbocycles. The zero-order valence-electron chi connectivity index (χ0n) is 9.20. The molecule has 0 aromatic heterocycles. The van der Waals surface area contributed by atoms with Crippen LogP contribution in [0.1, 0.15) is 39.5 Å². The fourth-order valence-electron chi connectivity index (χ4n) is 2.51. The van der Waals surface area contributed by atoms with Crippen LogP contribution in [-0.2, 0) is 4.79 Å². The summed E-state index contributed by atoms with van der Waals surface area (Å²) in [5.41, 5.74) is 0. The Balaban J connectivity index is 2.59. The topological polar surface area (TPSA) is 40.5 Å².